The van der Waals surface area contributed by atoms with Gasteiger partial charge in [-0.3, -0.25) is 10.1 Å². The molecule has 116 valence electrons. The Balaban J connectivity index is 1.70. The Bertz CT molecular complexity index is 506. The van der Waals surface area contributed by atoms with E-state index in [1.165, 1.54) is 29.5 Å². The summed E-state index contributed by atoms with van der Waals surface area (Å²) in [6, 6.07) is -0.224. The molecule has 1 heterocycles. The van der Waals surface area contributed by atoms with Crippen LogP contribution in [0, 0.1) is 12.8 Å². The number of nitrogens with one attached hydrogen (secondary N) is 2. The Labute approximate surface area is 132 Å². The minimum absolute atomic E-state index is 0.169. The van der Waals surface area contributed by atoms with Crippen LogP contribution in [0.3, 0.4) is 0 Å². The van der Waals surface area contributed by atoms with Crippen molar-refractivity contribution in [2.75, 3.05) is 5.75 Å². The van der Waals surface area contributed by atoms with Crippen molar-refractivity contribution in [2.24, 2.45) is 5.92 Å². The summed E-state index contributed by atoms with van der Waals surface area (Å²) in [4.78, 5) is 23.5. The summed E-state index contributed by atoms with van der Waals surface area (Å²) >= 11 is 2.73. The molecule has 0 saturated heterocycles. The quantitative estimate of drug-likeness (QED) is 0.829. The summed E-state index contributed by atoms with van der Waals surface area (Å²) in [5.41, 5.74) is 0. The van der Waals surface area contributed by atoms with Crippen molar-refractivity contribution in [3.63, 3.8) is 0 Å². The SMILES string of the molecule is Cc1nnc(SCC(=O)NC(=O)N[C@@H]2CCCC[C@H]2C)s1. The first-order valence-corrected chi connectivity index (χ1v) is 8.88. The number of amides is 3. The number of hydrogen-bond acceptors (Lipinski definition) is 6. The van der Waals surface area contributed by atoms with Gasteiger partial charge in [0.2, 0.25) is 5.91 Å². The highest BCUT2D eigenvalue weighted by molar-refractivity contribution is 8.01. The molecule has 1 saturated carbocycles. The van der Waals surface area contributed by atoms with Gasteiger partial charge < -0.3 is 5.32 Å². The van der Waals surface area contributed by atoms with Crippen LogP contribution in [0.4, 0.5) is 4.79 Å². The number of rotatable bonds is 4. The van der Waals surface area contributed by atoms with Gasteiger partial charge in [0.1, 0.15) is 5.01 Å². The van der Waals surface area contributed by atoms with Crippen LogP contribution in [-0.4, -0.2) is 33.9 Å². The summed E-state index contributed by atoms with van der Waals surface area (Å²) in [7, 11) is 0. The average Bonchev–Trinajstić information content (AvgIpc) is 2.85. The normalized spacial score (nSPS) is 21.8. The van der Waals surface area contributed by atoms with Gasteiger partial charge in [0.05, 0.1) is 5.75 Å². The highest BCUT2D eigenvalue weighted by Gasteiger charge is 2.23. The lowest BCUT2D eigenvalue weighted by atomic mass is 9.86. The molecule has 0 bridgehead atoms. The monoisotopic (exact) mass is 328 g/mol. The van der Waals surface area contributed by atoms with Crippen molar-refractivity contribution in [3.8, 4) is 0 Å². The molecule has 1 aromatic rings. The number of aryl methyl sites for hydroxylation is 1. The molecule has 2 rings (SSSR count). The number of carbonyl (C=O) groups excluding carboxylic acids is 2. The molecule has 0 aliphatic heterocycles. The minimum Gasteiger partial charge on any atom is -0.335 e. The van der Waals surface area contributed by atoms with Crippen molar-refractivity contribution in [2.45, 2.75) is 49.9 Å². The Morgan fingerprint density at radius 3 is 2.76 bits per heavy atom. The number of urea groups is 1. The lowest BCUT2D eigenvalue weighted by molar-refractivity contribution is -0.117. The number of imide groups is 1. The van der Waals surface area contributed by atoms with Gasteiger partial charge in [-0.05, 0) is 25.7 Å². The van der Waals surface area contributed by atoms with E-state index in [9.17, 15) is 9.59 Å². The summed E-state index contributed by atoms with van der Waals surface area (Å²) in [6.07, 6.45) is 4.47. The van der Waals surface area contributed by atoms with Crippen molar-refractivity contribution >= 4 is 35.0 Å². The van der Waals surface area contributed by atoms with Crippen LogP contribution in [0.2, 0.25) is 0 Å². The zero-order valence-corrected chi connectivity index (χ0v) is 13.9. The van der Waals surface area contributed by atoms with Crippen molar-refractivity contribution in [1.82, 2.24) is 20.8 Å². The van der Waals surface area contributed by atoms with Crippen molar-refractivity contribution in [1.29, 1.82) is 0 Å². The highest BCUT2D eigenvalue weighted by atomic mass is 32.2. The van der Waals surface area contributed by atoms with Crippen molar-refractivity contribution in [3.05, 3.63) is 5.01 Å². The molecule has 21 heavy (non-hydrogen) atoms. The molecule has 0 spiro atoms. The third-order valence-corrected chi connectivity index (χ3v) is 5.49. The van der Waals surface area contributed by atoms with E-state index in [2.05, 4.69) is 27.8 Å². The van der Waals surface area contributed by atoms with Crippen LogP contribution in [0.1, 0.15) is 37.6 Å². The number of aromatic nitrogens is 2. The maximum Gasteiger partial charge on any atom is 0.321 e. The van der Waals surface area contributed by atoms with Gasteiger partial charge in [-0.2, -0.15) is 0 Å². The fourth-order valence-corrected chi connectivity index (χ4v) is 3.98. The second kappa shape index (κ2) is 7.74. The number of hydrogen-bond donors (Lipinski definition) is 2. The molecule has 1 fully saturated rings. The maximum absolute atomic E-state index is 11.8. The Morgan fingerprint density at radius 2 is 2.10 bits per heavy atom. The summed E-state index contributed by atoms with van der Waals surface area (Å²) in [5.74, 6) is 0.328. The summed E-state index contributed by atoms with van der Waals surface area (Å²) in [5, 5.41) is 13.9. The third-order valence-electron chi connectivity index (χ3n) is 3.52. The van der Waals surface area contributed by atoms with Crippen LogP contribution >= 0.6 is 23.1 Å². The smallest absolute Gasteiger partial charge is 0.321 e. The first kappa shape index (κ1) is 16.2. The molecule has 2 atom stereocenters. The standard InChI is InChI=1S/C13H20N4O2S2/c1-8-5-3-4-6-10(8)14-12(19)15-11(18)7-20-13-17-16-9(2)21-13/h8,10H,3-7H2,1-2H3,(H2,14,15,18,19)/t8-,10-/m1/s1. The molecular formula is C13H20N4O2S2. The van der Waals surface area contributed by atoms with E-state index in [-0.39, 0.29) is 17.7 Å². The molecule has 1 aliphatic rings. The predicted octanol–water partition coefficient (Wildman–Crippen LogP) is 2.34. The maximum atomic E-state index is 11.8. The predicted molar refractivity (Wildman–Crippen MR) is 83.5 cm³/mol. The van der Waals surface area contributed by atoms with Gasteiger partial charge in [0.15, 0.2) is 4.34 Å². The molecule has 8 heteroatoms. The van der Waals surface area contributed by atoms with Gasteiger partial charge in [0, 0.05) is 6.04 Å². The van der Waals surface area contributed by atoms with E-state index in [4.69, 9.17) is 0 Å². The van der Waals surface area contributed by atoms with E-state index in [0.29, 0.717) is 5.92 Å². The average molecular weight is 328 g/mol. The van der Waals surface area contributed by atoms with Crippen LogP contribution < -0.4 is 10.6 Å². The van der Waals surface area contributed by atoms with Gasteiger partial charge in [-0.15, -0.1) is 10.2 Å². The van der Waals surface area contributed by atoms with E-state index in [1.54, 1.807) is 0 Å². The summed E-state index contributed by atoms with van der Waals surface area (Å²) < 4.78 is 0.740. The Hall–Kier alpha value is -1.15. The summed E-state index contributed by atoms with van der Waals surface area (Å²) in [6.45, 7) is 4.00. The van der Waals surface area contributed by atoms with E-state index in [1.807, 2.05) is 6.92 Å². The second-order valence-electron chi connectivity index (χ2n) is 5.27. The number of thioether (sulfide) groups is 1. The fraction of sp³-hybridized carbons (Fsp3) is 0.692. The van der Waals surface area contributed by atoms with Crippen LogP contribution in [0.15, 0.2) is 4.34 Å². The van der Waals surface area contributed by atoms with Crippen LogP contribution in [0.5, 0.6) is 0 Å². The lowest BCUT2D eigenvalue weighted by Crippen LogP contribution is -2.48. The van der Waals surface area contributed by atoms with Crippen molar-refractivity contribution < 1.29 is 9.59 Å². The first-order chi connectivity index (χ1) is 10.0. The van der Waals surface area contributed by atoms with E-state index >= 15 is 0 Å². The minimum atomic E-state index is -0.396. The molecule has 0 unspecified atom stereocenters. The Morgan fingerprint density at radius 1 is 1.33 bits per heavy atom. The molecule has 0 radical (unpaired) electrons. The van der Waals surface area contributed by atoms with E-state index < -0.39 is 6.03 Å². The fourth-order valence-electron chi connectivity index (χ4n) is 2.36. The first-order valence-electron chi connectivity index (χ1n) is 7.08. The molecule has 1 aromatic heterocycles. The largest absolute Gasteiger partial charge is 0.335 e. The topological polar surface area (TPSA) is 84.0 Å². The molecule has 3 amide bonds. The lowest BCUT2D eigenvalue weighted by Gasteiger charge is -2.29. The van der Waals surface area contributed by atoms with Gasteiger partial charge >= 0.3 is 6.03 Å². The van der Waals surface area contributed by atoms with Gasteiger partial charge in [-0.1, -0.05) is 42.9 Å². The van der Waals surface area contributed by atoms with E-state index in [0.717, 1.165) is 28.6 Å². The Kier molecular flexibility index (Phi) is 5.98. The highest BCUT2D eigenvalue weighted by Crippen LogP contribution is 2.23. The molecule has 2 N–H and O–H groups in total. The molecular weight excluding hydrogens is 308 g/mol. The number of nitrogens with zero attached hydrogens (tertiary/aromatic N) is 2. The van der Waals surface area contributed by atoms with Crippen LogP contribution in [-0.2, 0) is 4.79 Å². The zero-order chi connectivity index (χ0) is 15.2. The molecule has 0 aromatic carbocycles. The van der Waals surface area contributed by atoms with Crippen LogP contribution in [0.25, 0.3) is 0 Å². The number of carbonyl (C=O) groups is 2. The van der Waals surface area contributed by atoms with Gasteiger partial charge in [-0.25, -0.2) is 4.79 Å². The zero-order valence-electron chi connectivity index (χ0n) is 12.2. The molecule has 1 aliphatic carbocycles. The van der Waals surface area contributed by atoms with Gasteiger partial charge in [0.25, 0.3) is 0 Å². The second-order valence-corrected chi connectivity index (χ2v) is 7.67. The molecule has 6 nitrogen and oxygen atoms in total. The third kappa shape index (κ3) is 5.28.